The number of hydrogen-bond donors (Lipinski definition) is 0. The fraction of sp³-hybridized carbons (Fsp3) is 0.357. The molecule has 3 heteroatoms. The third-order valence-electron chi connectivity index (χ3n) is 2.09. The lowest BCUT2D eigenvalue weighted by atomic mass is 10.2. The predicted octanol–water partition coefficient (Wildman–Crippen LogP) is 2.39. The smallest absolute Gasteiger partial charge is 0.306 e. The average molecular weight is 232 g/mol. The zero-order valence-electron chi connectivity index (χ0n) is 10.2. The molecule has 0 aromatic heterocycles. The summed E-state index contributed by atoms with van der Waals surface area (Å²) in [6.07, 6.45) is 0.826. The fourth-order valence-electron chi connectivity index (χ4n) is 1.30. The van der Waals surface area contributed by atoms with Crippen LogP contribution in [-0.4, -0.2) is 19.7 Å². The number of hydrogen-bond acceptors (Lipinski definition) is 3. The van der Waals surface area contributed by atoms with Gasteiger partial charge in [-0.3, -0.25) is 4.79 Å². The highest BCUT2D eigenvalue weighted by Gasteiger charge is 1.99. The topological polar surface area (TPSA) is 35.5 Å². The van der Waals surface area contributed by atoms with Crippen LogP contribution in [0, 0.1) is 11.8 Å². The van der Waals surface area contributed by atoms with Crippen LogP contribution in [0.3, 0.4) is 0 Å². The lowest BCUT2D eigenvalue weighted by Gasteiger charge is -2.01. The molecule has 0 amide bonds. The van der Waals surface area contributed by atoms with Gasteiger partial charge >= 0.3 is 5.97 Å². The predicted molar refractivity (Wildman–Crippen MR) is 65.7 cm³/mol. The van der Waals surface area contributed by atoms with Crippen LogP contribution < -0.4 is 4.74 Å². The highest BCUT2D eigenvalue weighted by Crippen LogP contribution is 2.15. The number of esters is 1. The second-order valence-electron chi connectivity index (χ2n) is 3.31. The molecule has 0 N–H and O–H groups in total. The first-order valence-electron chi connectivity index (χ1n) is 5.55. The molecule has 0 aliphatic heterocycles. The van der Waals surface area contributed by atoms with E-state index in [-0.39, 0.29) is 5.97 Å². The van der Waals surface area contributed by atoms with Gasteiger partial charge in [-0.25, -0.2) is 0 Å². The Morgan fingerprint density at radius 1 is 1.35 bits per heavy atom. The molecule has 0 saturated heterocycles. The van der Waals surface area contributed by atoms with Gasteiger partial charge in [0.2, 0.25) is 0 Å². The molecular weight excluding hydrogens is 216 g/mol. The minimum Gasteiger partial charge on any atom is -0.495 e. The molecule has 1 aromatic carbocycles. The summed E-state index contributed by atoms with van der Waals surface area (Å²) in [5.41, 5.74) is 0.832. The lowest BCUT2D eigenvalue weighted by Crippen LogP contribution is -2.02. The van der Waals surface area contributed by atoms with Gasteiger partial charge in [0.15, 0.2) is 0 Å². The van der Waals surface area contributed by atoms with E-state index in [2.05, 4.69) is 11.8 Å². The number of para-hydroxylation sites is 1. The maximum absolute atomic E-state index is 11.1. The van der Waals surface area contributed by atoms with Gasteiger partial charge in [-0.1, -0.05) is 24.0 Å². The second kappa shape index (κ2) is 7.34. The van der Waals surface area contributed by atoms with Gasteiger partial charge in [-0.2, -0.15) is 0 Å². The van der Waals surface area contributed by atoms with Crippen molar-refractivity contribution in [1.29, 1.82) is 0 Å². The summed E-state index contributed by atoms with van der Waals surface area (Å²) in [4.78, 5) is 11.1. The van der Waals surface area contributed by atoms with Crippen molar-refractivity contribution in [3.63, 3.8) is 0 Å². The van der Waals surface area contributed by atoms with Crippen LogP contribution in [0.5, 0.6) is 5.75 Å². The van der Waals surface area contributed by atoms with Crippen molar-refractivity contribution in [2.45, 2.75) is 19.8 Å². The van der Waals surface area contributed by atoms with Gasteiger partial charge in [0.1, 0.15) is 5.75 Å². The molecule has 17 heavy (non-hydrogen) atoms. The third-order valence-corrected chi connectivity index (χ3v) is 2.09. The molecule has 0 radical (unpaired) electrons. The van der Waals surface area contributed by atoms with Crippen molar-refractivity contribution in [3.8, 4) is 17.6 Å². The maximum Gasteiger partial charge on any atom is 0.306 e. The van der Waals surface area contributed by atoms with Crippen molar-refractivity contribution < 1.29 is 14.3 Å². The average Bonchev–Trinajstić information content (AvgIpc) is 2.35. The fourth-order valence-corrected chi connectivity index (χ4v) is 1.30. The molecule has 3 nitrogen and oxygen atoms in total. The molecule has 1 aromatic rings. The molecule has 0 aliphatic rings. The van der Waals surface area contributed by atoms with Crippen LogP contribution in [0.2, 0.25) is 0 Å². The largest absolute Gasteiger partial charge is 0.495 e. The van der Waals surface area contributed by atoms with Gasteiger partial charge in [0.25, 0.3) is 0 Å². The number of ether oxygens (including phenoxy) is 2. The Morgan fingerprint density at radius 2 is 2.12 bits per heavy atom. The van der Waals surface area contributed by atoms with E-state index >= 15 is 0 Å². The summed E-state index contributed by atoms with van der Waals surface area (Å²) in [6.45, 7) is 2.21. The van der Waals surface area contributed by atoms with Gasteiger partial charge in [-0.05, 0) is 19.1 Å². The number of rotatable bonds is 4. The van der Waals surface area contributed by atoms with Gasteiger partial charge in [0.05, 0.1) is 25.7 Å². The third kappa shape index (κ3) is 4.60. The summed E-state index contributed by atoms with van der Waals surface area (Å²) < 4.78 is 9.98. The molecule has 0 unspecified atom stereocenters. The van der Waals surface area contributed by atoms with E-state index in [0.29, 0.717) is 19.4 Å². The van der Waals surface area contributed by atoms with Crippen molar-refractivity contribution in [2.75, 3.05) is 13.7 Å². The first-order chi connectivity index (χ1) is 8.27. The van der Waals surface area contributed by atoms with Crippen LogP contribution in [-0.2, 0) is 9.53 Å². The molecule has 90 valence electrons. The molecule has 0 atom stereocenters. The van der Waals surface area contributed by atoms with E-state index in [1.807, 2.05) is 24.3 Å². The normalized spacial score (nSPS) is 9.06. The molecule has 0 aliphatic carbocycles. The monoisotopic (exact) mass is 232 g/mol. The van der Waals surface area contributed by atoms with E-state index in [1.165, 1.54) is 0 Å². The van der Waals surface area contributed by atoms with Crippen molar-refractivity contribution in [1.82, 2.24) is 0 Å². The maximum atomic E-state index is 11.1. The molecular formula is C14H16O3. The van der Waals surface area contributed by atoms with Gasteiger partial charge < -0.3 is 9.47 Å². The molecule has 0 saturated carbocycles. The van der Waals surface area contributed by atoms with E-state index in [0.717, 1.165) is 11.3 Å². The number of carbonyl (C=O) groups excluding carboxylic acids is 1. The van der Waals surface area contributed by atoms with Crippen LogP contribution in [0.4, 0.5) is 0 Å². The van der Waals surface area contributed by atoms with E-state index in [1.54, 1.807) is 14.0 Å². The molecule has 0 bridgehead atoms. The Bertz CT molecular complexity index is 427. The zero-order valence-corrected chi connectivity index (χ0v) is 10.2. The van der Waals surface area contributed by atoms with Crippen molar-refractivity contribution in [3.05, 3.63) is 29.8 Å². The number of carbonyl (C=O) groups is 1. The number of benzene rings is 1. The van der Waals surface area contributed by atoms with E-state index in [4.69, 9.17) is 9.47 Å². The Balaban J connectivity index is 2.51. The van der Waals surface area contributed by atoms with E-state index in [9.17, 15) is 4.79 Å². The van der Waals surface area contributed by atoms with Crippen molar-refractivity contribution in [2.24, 2.45) is 0 Å². The standard InChI is InChI=1S/C14H16O3/c1-3-17-14(15)11-7-5-9-12-8-4-6-10-13(12)16-2/h4,6,8,10H,3,7,11H2,1-2H3. The van der Waals surface area contributed by atoms with Crippen LogP contribution >= 0.6 is 0 Å². The minimum absolute atomic E-state index is 0.207. The summed E-state index contributed by atoms with van der Waals surface area (Å²) in [7, 11) is 1.61. The Kier molecular flexibility index (Phi) is 5.67. The summed E-state index contributed by atoms with van der Waals surface area (Å²) >= 11 is 0. The summed E-state index contributed by atoms with van der Waals surface area (Å²) in [6, 6.07) is 7.53. The SMILES string of the molecule is CCOC(=O)CCC#Cc1ccccc1OC. The Morgan fingerprint density at radius 3 is 2.82 bits per heavy atom. The molecule has 0 fully saturated rings. The first kappa shape index (κ1) is 13.1. The Hall–Kier alpha value is -1.95. The highest BCUT2D eigenvalue weighted by molar-refractivity contribution is 5.69. The van der Waals surface area contributed by atoms with Gasteiger partial charge in [-0.15, -0.1) is 0 Å². The summed E-state index contributed by atoms with van der Waals surface area (Å²) in [5, 5.41) is 0. The highest BCUT2D eigenvalue weighted by atomic mass is 16.5. The molecule has 0 spiro atoms. The first-order valence-corrected chi connectivity index (χ1v) is 5.55. The molecule has 1 rings (SSSR count). The van der Waals surface area contributed by atoms with E-state index < -0.39 is 0 Å². The quantitative estimate of drug-likeness (QED) is 0.590. The molecule has 0 heterocycles. The number of methoxy groups -OCH3 is 1. The van der Waals surface area contributed by atoms with Crippen LogP contribution in [0.15, 0.2) is 24.3 Å². The van der Waals surface area contributed by atoms with Crippen LogP contribution in [0.25, 0.3) is 0 Å². The van der Waals surface area contributed by atoms with Crippen LogP contribution in [0.1, 0.15) is 25.3 Å². The second-order valence-corrected chi connectivity index (χ2v) is 3.31. The van der Waals surface area contributed by atoms with Gasteiger partial charge in [0, 0.05) is 6.42 Å². The minimum atomic E-state index is -0.207. The lowest BCUT2D eigenvalue weighted by molar-refractivity contribution is -0.142. The zero-order chi connectivity index (χ0) is 12.5. The van der Waals surface area contributed by atoms with Crippen molar-refractivity contribution >= 4 is 5.97 Å². The Labute approximate surface area is 102 Å². The summed E-state index contributed by atoms with van der Waals surface area (Å²) in [5.74, 6) is 6.45.